The summed E-state index contributed by atoms with van der Waals surface area (Å²) in [5, 5.41) is 2.34. The van der Waals surface area contributed by atoms with Crippen LogP contribution in [0.25, 0.3) is 0 Å². The van der Waals surface area contributed by atoms with E-state index in [9.17, 15) is 14.4 Å². The Balaban J connectivity index is 1.21. The molecular weight excluding hydrogens is 408 g/mol. The Labute approximate surface area is 186 Å². The maximum atomic E-state index is 13.0. The third-order valence-corrected chi connectivity index (χ3v) is 6.50. The van der Waals surface area contributed by atoms with Gasteiger partial charge in [-0.25, -0.2) is 0 Å². The second kappa shape index (κ2) is 8.74. The number of benzene rings is 2. The third-order valence-electron chi connectivity index (χ3n) is 6.50. The molecule has 0 spiro atoms. The summed E-state index contributed by atoms with van der Waals surface area (Å²) in [5.74, 6) is 0.298. The van der Waals surface area contributed by atoms with Crippen LogP contribution in [0.5, 0.6) is 5.75 Å². The highest BCUT2D eigenvalue weighted by Crippen LogP contribution is 2.39. The maximum absolute atomic E-state index is 13.0. The molecule has 0 saturated carbocycles. The number of piperidine rings is 1. The van der Waals surface area contributed by atoms with Crippen molar-refractivity contribution in [2.75, 3.05) is 13.2 Å². The van der Waals surface area contributed by atoms with Gasteiger partial charge < -0.3 is 14.4 Å². The number of rotatable bonds is 6. The summed E-state index contributed by atoms with van der Waals surface area (Å²) in [6.07, 6.45) is 2.40. The molecule has 0 radical (unpaired) electrons. The lowest BCUT2D eigenvalue weighted by atomic mass is 9.91. The van der Waals surface area contributed by atoms with E-state index in [1.54, 1.807) is 4.90 Å². The van der Waals surface area contributed by atoms with Crippen molar-refractivity contribution in [1.82, 2.24) is 10.2 Å². The highest BCUT2D eigenvalue weighted by molar-refractivity contribution is 6.05. The van der Waals surface area contributed by atoms with Gasteiger partial charge >= 0.3 is 0 Å². The molecule has 3 aliphatic heterocycles. The van der Waals surface area contributed by atoms with Crippen LogP contribution in [0.3, 0.4) is 0 Å². The van der Waals surface area contributed by atoms with Crippen LogP contribution in [0.4, 0.5) is 0 Å². The zero-order valence-corrected chi connectivity index (χ0v) is 17.8. The van der Waals surface area contributed by atoms with Gasteiger partial charge in [-0.15, -0.1) is 0 Å². The van der Waals surface area contributed by atoms with E-state index in [1.165, 1.54) is 5.56 Å². The van der Waals surface area contributed by atoms with Gasteiger partial charge in [-0.3, -0.25) is 19.7 Å². The van der Waals surface area contributed by atoms with Gasteiger partial charge in [0.2, 0.25) is 11.8 Å². The molecule has 2 aromatic rings. The van der Waals surface area contributed by atoms with E-state index >= 15 is 0 Å². The van der Waals surface area contributed by atoms with Gasteiger partial charge in [0.15, 0.2) is 0 Å². The van der Waals surface area contributed by atoms with Crippen molar-refractivity contribution < 1.29 is 23.9 Å². The van der Waals surface area contributed by atoms with Gasteiger partial charge in [-0.2, -0.15) is 0 Å². The van der Waals surface area contributed by atoms with Crippen molar-refractivity contribution in [1.29, 1.82) is 0 Å². The van der Waals surface area contributed by atoms with E-state index in [1.807, 2.05) is 30.3 Å². The second-order valence-electron chi connectivity index (χ2n) is 8.69. The van der Waals surface area contributed by atoms with E-state index < -0.39 is 11.9 Å². The molecule has 5 rings (SSSR count). The molecule has 1 saturated heterocycles. The highest BCUT2D eigenvalue weighted by Gasteiger charge is 2.41. The Kier molecular flexibility index (Phi) is 5.66. The Morgan fingerprint density at radius 1 is 1.09 bits per heavy atom. The van der Waals surface area contributed by atoms with Crippen molar-refractivity contribution in [3.05, 3.63) is 64.7 Å². The topological polar surface area (TPSA) is 84.9 Å². The molecule has 3 amide bonds. The smallest absolute Gasteiger partial charge is 0.255 e. The molecule has 0 bridgehead atoms. The van der Waals surface area contributed by atoms with Crippen LogP contribution >= 0.6 is 0 Å². The standard InChI is InChI=1S/C25H26N2O5/c28-22-9-8-21(24(29)26-22)27-13-20-19(25(27)30)7-6-18-12-17(15-32-23(18)20)10-11-31-14-16-4-2-1-3-5-16/h1-7,17,21H,8-15H2,(H,26,28,29). The summed E-state index contributed by atoms with van der Waals surface area (Å²) >= 11 is 0. The predicted molar refractivity (Wildman–Crippen MR) is 116 cm³/mol. The van der Waals surface area contributed by atoms with E-state index in [2.05, 4.69) is 17.4 Å². The van der Waals surface area contributed by atoms with Crippen LogP contribution in [-0.2, 0) is 33.9 Å². The number of fused-ring (bicyclic) bond motifs is 3. The number of amides is 3. The monoisotopic (exact) mass is 434 g/mol. The number of carbonyl (C=O) groups is 3. The summed E-state index contributed by atoms with van der Waals surface area (Å²) in [5.41, 5.74) is 3.72. The zero-order chi connectivity index (χ0) is 22.1. The van der Waals surface area contributed by atoms with Crippen LogP contribution in [0.2, 0.25) is 0 Å². The minimum absolute atomic E-state index is 0.169. The fourth-order valence-electron chi connectivity index (χ4n) is 4.77. The zero-order valence-electron chi connectivity index (χ0n) is 17.8. The van der Waals surface area contributed by atoms with Crippen molar-refractivity contribution in [2.24, 2.45) is 5.92 Å². The number of hydrogen-bond donors (Lipinski definition) is 1. The number of nitrogens with zero attached hydrogens (tertiary/aromatic N) is 1. The summed E-state index contributed by atoms with van der Waals surface area (Å²) < 4.78 is 12.0. The lowest BCUT2D eigenvalue weighted by molar-refractivity contribution is -0.136. The number of imide groups is 1. The van der Waals surface area contributed by atoms with Crippen molar-refractivity contribution in [3.63, 3.8) is 0 Å². The molecule has 166 valence electrons. The van der Waals surface area contributed by atoms with Gasteiger partial charge in [0.25, 0.3) is 5.91 Å². The third kappa shape index (κ3) is 4.00. The quantitative estimate of drug-likeness (QED) is 0.558. The Hall–Kier alpha value is -3.19. The van der Waals surface area contributed by atoms with Gasteiger partial charge in [-0.05, 0) is 42.4 Å². The van der Waals surface area contributed by atoms with Crippen molar-refractivity contribution in [3.8, 4) is 5.75 Å². The lowest BCUT2D eigenvalue weighted by Crippen LogP contribution is -2.52. The van der Waals surface area contributed by atoms with Crippen LogP contribution in [-0.4, -0.2) is 41.9 Å². The number of carbonyl (C=O) groups excluding carboxylic acids is 3. The van der Waals surface area contributed by atoms with Gasteiger partial charge in [0.05, 0.1) is 19.8 Å². The molecule has 0 aliphatic carbocycles. The highest BCUT2D eigenvalue weighted by atomic mass is 16.5. The molecule has 3 aliphatic rings. The first kappa shape index (κ1) is 20.7. The van der Waals surface area contributed by atoms with Gasteiger partial charge in [-0.1, -0.05) is 36.4 Å². The summed E-state index contributed by atoms with van der Waals surface area (Å²) in [7, 11) is 0. The summed E-state index contributed by atoms with van der Waals surface area (Å²) in [6.45, 7) is 2.21. The Morgan fingerprint density at radius 2 is 1.94 bits per heavy atom. The Morgan fingerprint density at radius 3 is 2.75 bits per heavy atom. The molecule has 1 fully saturated rings. The molecule has 3 heterocycles. The normalized spacial score (nSPS) is 22.2. The molecule has 32 heavy (non-hydrogen) atoms. The van der Waals surface area contributed by atoms with E-state index in [0.717, 1.165) is 29.7 Å². The summed E-state index contributed by atoms with van der Waals surface area (Å²) in [4.78, 5) is 38.2. The molecule has 2 aromatic carbocycles. The van der Waals surface area contributed by atoms with Crippen molar-refractivity contribution >= 4 is 17.7 Å². The number of ether oxygens (including phenoxy) is 2. The van der Waals surface area contributed by atoms with Crippen LogP contribution < -0.4 is 10.1 Å². The first-order valence-electron chi connectivity index (χ1n) is 11.1. The lowest BCUT2D eigenvalue weighted by Gasteiger charge is -2.29. The Bertz CT molecular complexity index is 1050. The average Bonchev–Trinajstić information content (AvgIpc) is 3.14. The molecule has 7 nitrogen and oxygen atoms in total. The minimum Gasteiger partial charge on any atom is -0.493 e. The molecule has 1 N–H and O–H groups in total. The van der Waals surface area contributed by atoms with E-state index in [0.29, 0.717) is 44.3 Å². The first-order chi connectivity index (χ1) is 15.6. The fraction of sp³-hybridized carbons (Fsp3) is 0.400. The maximum Gasteiger partial charge on any atom is 0.255 e. The van der Waals surface area contributed by atoms with E-state index in [-0.39, 0.29) is 18.2 Å². The molecule has 0 aromatic heterocycles. The largest absolute Gasteiger partial charge is 0.493 e. The number of nitrogens with one attached hydrogen (secondary N) is 1. The van der Waals surface area contributed by atoms with Gasteiger partial charge in [0.1, 0.15) is 11.8 Å². The first-order valence-corrected chi connectivity index (χ1v) is 11.1. The fourth-order valence-corrected chi connectivity index (χ4v) is 4.77. The van der Waals surface area contributed by atoms with Gasteiger partial charge in [0, 0.05) is 24.2 Å². The average molecular weight is 434 g/mol. The number of hydrogen-bond acceptors (Lipinski definition) is 5. The van der Waals surface area contributed by atoms with Crippen LogP contribution in [0, 0.1) is 5.92 Å². The summed E-state index contributed by atoms with van der Waals surface area (Å²) in [6, 6.07) is 13.3. The van der Waals surface area contributed by atoms with E-state index in [4.69, 9.17) is 9.47 Å². The predicted octanol–water partition coefficient (Wildman–Crippen LogP) is 2.61. The molecule has 7 heteroatoms. The van der Waals surface area contributed by atoms with Crippen molar-refractivity contribution in [2.45, 2.75) is 44.9 Å². The minimum atomic E-state index is -0.610. The second-order valence-corrected chi connectivity index (χ2v) is 8.69. The SMILES string of the molecule is O=C1CCC(N2Cc3c(ccc4c3OCC(CCOCc3ccccc3)C4)C2=O)C(=O)N1. The molecule has 2 unspecified atom stereocenters. The van der Waals surface area contributed by atoms with Crippen LogP contribution in [0.15, 0.2) is 42.5 Å². The molecular formula is C25H26N2O5. The molecule has 2 atom stereocenters. The van der Waals surface area contributed by atoms with Crippen LogP contribution in [0.1, 0.15) is 46.3 Å².